The molecule has 2 heteroatoms. The third-order valence-corrected chi connectivity index (χ3v) is 4.05. The van der Waals surface area contributed by atoms with Gasteiger partial charge in [-0.2, -0.15) is 0 Å². The number of nitrogens with zero attached hydrogens (tertiary/aromatic N) is 1. The molecule has 0 bridgehead atoms. The number of hydrogen-bond donors (Lipinski definition) is 0. The number of ketones is 1. The predicted octanol–water partition coefficient (Wildman–Crippen LogP) is 3.75. The summed E-state index contributed by atoms with van der Waals surface area (Å²) in [5, 5.41) is 0. The van der Waals surface area contributed by atoms with E-state index in [1.807, 2.05) is 0 Å². The molecule has 0 aromatic heterocycles. The number of Topliss-reactive ketones (excluding diaryl/α,β-unsaturated/α-hetero) is 1. The van der Waals surface area contributed by atoms with Crippen molar-refractivity contribution in [3.8, 4) is 0 Å². The fourth-order valence-corrected chi connectivity index (χ4v) is 2.91. The second-order valence-electron chi connectivity index (χ2n) is 6.07. The van der Waals surface area contributed by atoms with Crippen LogP contribution >= 0.6 is 0 Å². The molecule has 0 aliphatic carbocycles. The maximum absolute atomic E-state index is 11.3. The van der Waals surface area contributed by atoms with Gasteiger partial charge in [0, 0.05) is 19.0 Å². The van der Waals surface area contributed by atoms with Gasteiger partial charge in [0.25, 0.3) is 0 Å². The number of carbonyl (C=O) groups excluding carboxylic acids is 1. The van der Waals surface area contributed by atoms with E-state index in [1.165, 1.54) is 24.0 Å². The lowest BCUT2D eigenvalue weighted by Gasteiger charge is -2.23. The van der Waals surface area contributed by atoms with Crippen molar-refractivity contribution in [3.63, 3.8) is 0 Å². The van der Waals surface area contributed by atoms with Gasteiger partial charge in [-0.15, -0.1) is 0 Å². The van der Waals surface area contributed by atoms with Gasteiger partial charge in [-0.1, -0.05) is 38.1 Å². The fourth-order valence-electron chi connectivity index (χ4n) is 2.91. The first-order chi connectivity index (χ1) is 9.06. The standard InChI is InChI=1S/C17H25NO/c1-13(2)16-8-6-15(7-9-16)12-18-10-4-5-17(18)11-14(3)19/h6-9,13,17H,4-5,10-12H2,1-3H3. The van der Waals surface area contributed by atoms with Crippen molar-refractivity contribution in [2.75, 3.05) is 6.54 Å². The highest BCUT2D eigenvalue weighted by molar-refractivity contribution is 5.76. The Morgan fingerprint density at radius 2 is 2.00 bits per heavy atom. The molecule has 1 saturated heterocycles. The van der Waals surface area contributed by atoms with Gasteiger partial charge in [0.1, 0.15) is 5.78 Å². The quantitative estimate of drug-likeness (QED) is 0.802. The zero-order valence-electron chi connectivity index (χ0n) is 12.4. The van der Waals surface area contributed by atoms with Crippen molar-refractivity contribution < 1.29 is 4.79 Å². The Hall–Kier alpha value is -1.15. The number of carbonyl (C=O) groups is 1. The highest BCUT2D eigenvalue weighted by Gasteiger charge is 2.25. The zero-order valence-corrected chi connectivity index (χ0v) is 12.4. The van der Waals surface area contributed by atoms with Crippen LogP contribution in [0.5, 0.6) is 0 Å². The smallest absolute Gasteiger partial charge is 0.131 e. The summed E-state index contributed by atoms with van der Waals surface area (Å²) in [5.74, 6) is 0.901. The number of likely N-dealkylation sites (tertiary alicyclic amines) is 1. The van der Waals surface area contributed by atoms with Crippen molar-refractivity contribution in [3.05, 3.63) is 35.4 Å². The largest absolute Gasteiger partial charge is 0.300 e. The SMILES string of the molecule is CC(=O)CC1CCCN1Cc1ccc(C(C)C)cc1. The molecule has 1 atom stereocenters. The molecule has 1 heterocycles. The van der Waals surface area contributed by atoms with Crippen LogP contribution in [0.3, 0.4) is 0 Å². The van der Waals surface area contributed by atoms with E-state index in [9.17, 15) is 4.79 Å². The van der Waals surface area contributed by atoms with Crippen molar-refractivity contribution in [1.82, 2.24) is 4.90 Å². The summed E-state index contributed by atoms with van der Waals surface area (Å²) in [6.07, 6.45) is 3.11. The Bertz CT molecular complexity index is 421. The second-order valence-corrected chi connectivity index (χ2v) is 6.07. The lowest BCUT2D eigenvalue weighted by atomic mass is 10.0. The summed E-state index contributed by atoms with van der Waals surface area (Å²) in [7, 11) is 0. The summed E-state index contributed by atoms with van der Waals surface area (Å²) >= 11 is 0. The molecule has 1 aromatic rings. The van der Waals surface area contributed by atoms with Gasteiger partial charge in [-0.3, -0.25) is 9.69 Å². The molecule has 0 saturated carbocycles. The Kier molecular flexibility index (Phi) is 4.76. The Labute approximate surface area is 116 Å². The van der Waals surface area contributed by atoms with E-state index in [-0.39, 0.29) is 0 Å². The topological polar surface area (TPSA) is 20.3 Å². The highest BCUT2D eigenvalue weighted by Crippen LogP contribution is 2.23. The first-order valence-corrected chi connectivity index (χ1v) is 7.38. The van der Waals surface area contributed by atoms with Crippen LogP contribution in [-0.4, -0.2) is 23.3 Å². The van der Waals surface area contributed by atoms with Gasteiger partial charge in [0.15, 0.2) is 0 Å². The monoisotopic (exact) mass is 259 g/mol. The van der Waals surface area contributed by atoms with Crippen LogP contribution in [0.2, 0.25) is 0 Å². The molecule has 1 fully saturated rings. The summed E-state index contributed by atoms with van der Waals surface area (Å²) in [5.41, 5.74) is 2.75. The molecule has 2 rings (SSSR count). The zero-order chi connectivity index (χ0) is 13.8. The van der Waals surface area contributed by atoms with Crippen molar-refractivity contribution >= 4 is 5.78 Å². The summed E-state index contributed by atoms with van der Waals surface area (Å²) < 4.78 is 0. The lowest BCUT2D eigenvalue weighted by molar-refractivity contribution is -0.118. The first-order valence-electron chi connectivity index (χ1n) is 7.38. The first kappa shape index (κ1) is 14.3. The minimum Gasteiger partial charge on any atom is -0.300 e. The molecule has 0 radical (unpaired) electrons. The van der Waals surface area contributed by atoms with Crippen LogP contribution < -0.4 is 0 Å². The van der Waals surface area contributed by atoms with E-state index >= 15 is 0 Å². The van der Waals surface area contributed by atoms with Gasteiger partial charge in [0.2, 0.25) is 0 Å². The van der Waals surface area contributed by atoms with Gasteiger partial charge < -0.3 is 0 Å². The molecular formula is C17H25NO. The average molecular weight is 259 g/mol. The van der Waals surface area contributed by atoms with E-state index in [0.717, 1.165) is 13.1 Å². The average Bonchev–Trinajstić information content (AvgIpc) is 2.76. The molecule has 2 nitrogen and oxygen atoms in total. The van der Waals surface area contributed by atoms with Crippen LogP contribution in [-0.2, 0) is 11.3 Å². The van der Waals surface area contributed by atoms with Crippen molar-refractivity contribution in [2.24, 2.45) is 0 Å². The van der Waals surface area contributed by atoms with Crippen molar-refractivity contribution in [1.29, 1.82) is 0 Å². The molecule has 104 valence electrons. The maximum atomic E-state index is 11.3. The van der Waals surface area contributed by atoms with Gasteiger partial charge in [-0.25, -0.2) is 0 Å². The normalized spacial score (nSPS) is 20.1. The number of benzene rings is 1. The molecular weight excluding hydrogens is 234 g/mol. The second kappa shape index (κ2) is 6.33. The number of rotatable bonds is 5. The molecule has 1 aliphatic rings. The van der Waals surface area contributed by atoms with Gasteiger partial charge in [0.05, 0.1) is 0 Å². The molecule has 0 N–H and O–H groups in total. The number of hydrogen-bond acceptors (Lipinski definition) is 2. The predicted molar refractivity (Wildman–Crippen MR) is 79.3 cm³/mol. The van der Waals surface area contributed by atoms with E-state index in [4.69, 9.17) is 0 Å². The van der Waals surface area contributed by atoms with Crippen LogP contribution in [0, 0.1) is 0 Å². The molecule has 1 aromatic carbocycles. The molecule has 0 amide bonds. The molecule has 19 heavy (non-hydrogen) atoms. The van der Waals surface area contributed by atoms with E-state index < -0.39 is 0 Å². The molecule has 1 unspecified atom stereocenters. The minimum atomic E-state index is 0.312. The Morgan fingerprint density at radius 3 is 2.58 bits per heavy atom. The van der Waals surface area contributed by atoms with Crippen LogP contribution in [0.15, 0.2) is 24.3 Å². The van der Waals surface area contributed by atoms with E-state index in [2.05, 4.69) is 43.0 Å². The van der Waals surface area contributed by atoms with Crippen molar-refractivity contribution in [2.45, 2.75) is 58.5 Å². The molecule has 0 spiro atoms. The van der Waals surface area contributed by atoms with Gasteiger partial charge >= 0.3 is 0 Å². The summed E-state index contributed by atoms with van der Waals surface area (Å²) in [4.78, 5) is 13.8. The summed E-state index contributed by atoms with van der Waals surface area (Å²) in [6.45, 7) is 8.25. The van der Waals surface area contributed by atoms with Gasteiger partial charge in [-0.05, 0) is 43.4 Å². The Balaban J connectivity index is 1.98. The highest BCUT2D eigenvalue weighted by atomic mass is 16.1. The van der Waals surface area contributed by atoms with Crippen LogP contribution in [0.4, 0.5) is 0 Å². The molecule has 1 aliphatic heterocycles. The fraction of sp³-hybridized carbons (Fsp3) is 0.588. The Morgan fingerprint density at radius 1 is 1.32 bits per heavy atom. The lowest BCUT2D eigenvalue weighted by Crippen LogP contribution is -2.30. The third kappa shape index (κ3) is 3.90. The maximum Gasteiger partial charge on any atom is 0.131 e. The van der Waals surface area contributed by atoms with Crippen LogP contribution in [0.1, 0.15) is 57.1 Å². The van der Waals surface area contributed by atoms with E-state index in [0.29, 0.717) is 24.2 Å². The third-order valence-electron chi connectivity index (χ3n) is 4.05. The van der Waals surface area contributed by atoms with E-state index in [1.54, 1.807) is 6.92 Å². The summed E-state index contributed by atoms with van der Waals surface area (Å²) in [6, 6.07) is 9.39. The van der Waals surface area contributed by atoms with Crippen LogP contribution in [0.25, 0.3) is 0 Å². The minimum absolute atomic E-state index is 0.312.